The van der Waals surface area contributed by atoms with Crippen molar-refractivity contribution in [2.24, 2.45) is 0 Å². The highest BCUT2D eigenvalue weighted by molar-refractivity contribution is 5.77. The maximum Gasteiger partial charge on any atom is 0.364 e. The predicted molar refractivity (Wildman–Crippen MR) is 394 cm³/mol. The van der Waals surface area contributed by atoms with Gasteiger partial charge in [-0.05, 0) is 12.8 Å². The minimum atomic E-state index is -3.08. The van der Waals surface area contributed by atoms with Crippen molar-refractivity contribution in [3.63, 3.8) is 0 Å². The summed E-state index contributed by atoms with van der Waals surface area (Å²) in [7, 11) is 0. The molecule has 0 bridgehead atoms. The highest BCUT2D eigenvalue weighted by Gasteiger charge is 2.60. The van der Waals surface area contributed by atoms with Crippen LogP contribution in [0.5, 0.6) is 0 Å². The number of unbranched alkanes of at least 4 members (excludes halogenated alkanes) is 46. The van der Waals surface area contributed by atoms with Crippen molar-refractivity contribution in [3.8, 4) is 0 Å². The van der Waals surface area contributed by atoms with Crippen molar-refractivity contribution in [1.29, 1.82) is 0 Å². The van der Waals surface area contributed by atoms with E-state index in [1.54, 1.807) is 0 Å². The second-order valence-electron chi connectivity index (χ2n) is 30.4. The summed E-state index contributed by atoms with van der Waals surface area (Å²) in [5, 5.41) is 137. The molecule has 23 heteroatoms. The number of hydrogen-bond donors (Lipinski definition) is 14. The average Bonchev–Trinajstić information content (AvgIpc) is 0.755. The van der Waals surface area contributed by atoms with Gasteiger partial charge in [-0.2, -0.15) is 0 Å². The largest absolute Gasteiger partial charge is 0.477 e. The quantitative estimate of drug-likeness (QED) is 0.0252. The van der Waals surface area contributed by atoms with Gasteiger partial charge in [0.25, 0.3) is 5.79 Å². The molecule has 14 N–H and O–H groups in total. The molecule has 102 heavy (non-hydrogen) atoms. The molecule has 0 radical (unpaired) electrons. The van der Waals surface area contributed by atoms with Crippen molar-refractivity contribution in [2.75, 3.05) is 26.4 Å². The van der Waals surface area contributed by atoms with E-state index in [9.17, 15) is 75.7 Å². The fraction of sp³-hybridized carbons (Fsp3) is 0.962. The van der Waals surface area contributed by atoms with Crippen LogP contribution in [0.2, 0.25) is 0 Å². The van der Waals surface area contributed by atoms with E-state index in [1.165, 1.54) is 250 Å². The van der Waals surface area contributed by atoms with Crippen LogP contribution in [-0.4, -0.2) is 215 Å². The van der Waals surface area contributed by atoms with Crippen LogP contribution in [-0.2, 0) is 42.8 Å². The van der Waals surface area contributed by atoms with Crippen LogP contribution in [0.3, 0.4) is 0 Å². The third kappa shape index (κ3) is 38.7. The molecule has 0 aliphatic carbocycles. The number of carbonyl (C=O) groups excluding carboxylic acids is 2. The van der Waals surface area contributed by atoms with Crippen LogP contribution in [0.15, 0.2) is 0 Å². The number of aliphatic hydroxyl groups excluding tert-OH is 11. The fourth-order valence-electron chi connectivity index (χ4n) is 14.8. The van der Waals surface area contributed by atoms with E-state index in [0.717, 1.165) is 51.9 Å². The SMILES string of the molecule is CCCCCCCCCCCCCCCCCCCCCCCCCCCC(=O)NC(COC1OC(CO)C(OC2OC(CO)C(O)C(OC3(C(=O)O)CC(O)C(NC(C)=O)C(C(O)C(O)CO)O3)C2O)C(O)C1O)C(O)CCCCCCCCCCCCCCCCCCCCCCCCC. The smallest absolute Gasteiger partial charge is 0.364 e. The summed E-state index contributed by atoms with van der Waals surface area (Å²) in [6, 6.07) is -2.53. The zero-order valence-corrected chi connectivity index (χ0v) is 63.7. The van der Waals surface area contributed by atoms with Gasteiger partial charge in [0.1, 0.15) is 67.1 Å². The van der Waals surface area contributed by atoms with Crippen LogP contribution in [0.4, 0.5) is 0 Å². The standard InChI is InChI=1S/C79H150N2O21/c1-4-6-8-10-12-14-16-18-20-22-24-26-28-29-31-33-35-37-39-41-43-45-47-49-51-53-66(89)81-60(61(86)52-50-48-46-44-42-40-38-36-34-32-30-27-25-23-21-19-17-15-13-11-9-7-5-2)58-97-76-71(93)70(92)73(65(57-84)99-76)100-77-72(94)75(69(91)64(56-83)98-77)102-79(78(95)96)54-62(87)67(80-59(3)85)74(101-79)68(90)63(88)55-82/h60-65,67-77,82-84,86-88,90-94H,4-58H2,1-3H3,(H,80,85)(H,81,89)(H,95,96). The minimum absolute atomic E-state index is 0.230. The Hall–Kier alpha value is -2.27. The van der Waals surface area contributed by atoms with Gasteiger partial charge in [0.15, 0.2) is 12.6 Å². The van der Waals surface area contributed by atoms with E-state index in [4.69, 9.17) is 28.4 Å². The molecule has 3 saturated heterocycles. The van der Waals surface area contributed by atoms with E-state index in [2.05, 4.69) is 24.5 Å². The molecule has 18 unspecified atom stereocenters. The van der Waals surface area contributed by atoms with Gasteiger partial charge < -0.3 is 100 Å². The molecule has 0 spiro atoms. The summed E-state index contributed by atoms with van der Waals surface area (Å²) >= 11 is 0. The van der Waals surface area contributed by atoms with Gasteiger partial charge in [-0.25, -0.2) is 4.79 Å². The number of aliphatic carboxylic acids is 1. The van der Waals surface area contributed by atoms with Crippen molar-refractivity contribution in [1.82, 2.24) is 10.6 Å². The van der Waals surface area contributed by atoms with Crippen LogP contribution >= 0.6 is 0 Å². The first-order valence-electron chi connectivity index (χ1n) is 41.4. The van der Waals surface area contributed by atoms with E-state index in [0.29, 0.717) is 19.3 Å². The summed E-state index contributed by atoms with van der Waals surface area (Å²) in [6.45, 7) is 2.28. The number of carbonyl (C=O) groups is 3. The molecule has 2 amide bonds. The molecule has 3 aliphatic heterocycles. The van der Waals surface area contributed by atoms with Gasteiger partial charge in [0.2, 0.25) is 11.8 Å². The maximum absolute atomic E-state index is 13.6. The number of ether oxygens (including phenoxy) is 6. The van der Waals surface area contributed by atoms with Gasteiger partial charge in [-0.15, -0.1) is 0 Å². The van der Waals surface area contributed by atoms with Crippen molar-refractivity contribution < 1.29 is 104 Å². The molecular formula is C79H150N2O21. The van der Waals surface area contributed by atoms with Gasteiger partial charge in [0, 0.05) is 19.8 Å². The molecule has 23 nitrogen and oxygen atoms in total. The predicted octanol–water partition coefficient (Wildman–Crippen LogP) is 11.2. The zero-order valence-electron chi connectivity index (χ0n) is 63.7. The van der Waals surface area contributed by atoms with E-state index < -0.39 is 148 Å². The molecule has 3 rings (SSSR count). The second kappa shape index (κ2) is 58.7. The monoisotopic (exact) mass is 1460 g/mol. The number of nitrogens with one attached hydrogen (secondary N) is 2. The molecule has 3 fully saturated rings. The van der Waals surface area contributed by atoms with Crippen LogP contribution in [0, 0.1) is 0 Å². The lowest BCUT2D eigenvalue weighted by molar-refractivity contribution is -0.386. The van der Waals surface area contributed by atoms with E-state index in [1.807, 2.05) is 0 Å². The number of hydrogen-bond acceptors (Lipinski definition) is 20. The highest BCUT2D eigenvalue weighted by atomic mass is 16.8. The number of carboxylic acids is 1. The Balaban J connectivity index is 1.50. The minimum Gasteiger partial charge on any atom is -0.477 e. The van der Waals surface area contributed by atoms with Gasteiger partial charge >= 0.3 is 5.97 Å². The third-order valence-corrected chi connectivity index (χ3v) is 21.3. The molecule has 0 aromatic carbocycles. The van der Waals surface area contributed by atoms with E-state index >= 15 is 0 Å². The molecule has 0 aromatic heterocycles. The summed E-state index contributed by atoms with van der Waals surface area (Å²) in [5.74, 6) is -6.09. The summed E-state index contributed by atoms with van der Waals surface area (Å²) in [6.07, 6.45) is 32.4. The topological polar surface area (TPSA) is 373 Å². The van der Waals surface area contributed by atoms with Crippen molar-refractivity contribution in [3.05, 3.63) is 0 Å². The maximum atomic E-state index is 13.6. The Kier molecular flexibility index (Phi) is 54.1. The number of carboxylic acid groups (broad SMARTS) is 1. The van der Waals surface area contributed by atoms with Crippen molar-refractivity contribution in [2.45, 2.75) is 458 Å². The lowest BCUT2D eigenvalue weighted by Gasteiger charge is -2.50. The number of amides is 2. The fourth-order valence-corrected chi connectivity index (χ4v) is 14.8. The molecule has 0 saturated carbocycles. The third-order valence-electron chi connectivity index (χ3n) is 21.3. The number of aliphatic hydroxyl groups is 11. The lowest BCUT2D eigenvalue weighted by atomic mass is 9.88. The first kappa shape index (κ1) is 93.9. The lowest BCUT2D eigenvalue weighted by Crippen LogP contribution is -2.70. The Morgan fingerprint density at radius 3 is 1.23 bits per heavy atom. The Labute approximate surface area is 614 Å². The number of rotatable bonds is 66. The first-order chi connectivity index (χ1) is 49.4. The summed E-state index contributed by atoms with van der Waals surface area (Å²) in [4.78, 5) is 38.7. The van der Waals surface area contributed by atoms with Gasteiger partial charge in [0.05, 0.1) is 50.7 Å². The average molecular weight is 1460 g/mol. The molecule has 18 atom stereocenters. The second-order valence-corrected chi connectivity index (χ2v) is 30.4. The van der Waals surface area contributed by atoms with Crippen molar-refractivity contribution >= 4 is 17.8 Å². The molecule has 602 valence electrons. The first-order valence-corrected chi connectivity index (χ1v) is 41.4. The van der Waals surface area contributed by atoms with Crippen LogP contribution < -0.4 is 10.6 Å². The van der Waals surface area contributed by atoms with Crippen LogP contribution in [0.1, 0.15) is 348 Å². The Bertz CT molecular complexity index is 2040. The van der Waals surface area contributed by atoms with Crippen LogP contribution in [0.25, 0.3) is 0 Å². The Morgan fingerprint density at radius 1 is 0.471 bits per heavy atom. The molecule has 3 heterocycles. The summed E-state index contributed by atoms with van der Waals surface area (Å²) < 4.78 is 35.0. The van der Waals surface area contributed by atoms with Gasteiger partial charge in [-0.3, -0.25) is 9.59 Å². The molecular weight excluding hydrogens is 1310 g/mol. The summed E-state index contributed by atoms with van der Waals surface area (Å²) in [5.41, 5.74) is 0. The van der Waals surface area contributed by atoms with E-state index in [-0.39, 0.29) is 18.9 Å². The zero-order chi connectivity index (χ0) is 74.6. The van der Waals surface area contributed by atoms with Gasteiger partial charge in [-0.1, -0.05) is 316 Å². The Morgan fingerprint density at radius 2 is 0.853 bits per heavy atom. The highest BCUT2D eigenvalue weighted by Crippen LogP contribution is 2.39. The molecule has 0 aromatic rings. The molecule has 3 aliphatic rings. The normalized spacial score (nSPS) is 26.6.